The average Bonchev–Trinajstić information content (AvgIpc) is 3.19. The van der Waals surface area contributed by atoms with E-state index in [1.807, 2.05) is 41.8 Å². The minimum absolute atomic E-state index is 0.0318. The monoisotopic (exact) mass is 425 g/mol. The van der Waals surface area contributed by atoms with Gasteiger partial charge in [-0.2, -0.15) is 0 Å². The molecule has 0 spiro atoms. The Balaban J connectivity index is 1.56. The van der Waals surface area contributed by atoms with Crippen LogP contribution in [-0.2, 0) is 11.3 Å². The molecule has 0 aliphatic heterocycles. The second-order valence-electron chi connectivity index (χ2n) is 6.24. The first-order valence-corrected chi connectivity index (χ1v) is 10.2. The normalized spacial score (nSPS) is 10.5. The van der Waals surface area contributed by atoms with Crippen molar-refractivity contribution in [2.45, 2.75) is 18.6 Å². The van der Waals surface area contributed by atoms with E-state index in [0.29, 0.717) is 28.7 Å². The molecule has 0 fully saturated rings. The lowest BCUT2D eigenvalue weighted by Gasteiger charge is -2.13. The Labute approximate surface area is 178 Å². The summed E-state index contributed by atoms with van der Waals surface area (Å²) in [6, 6.07) is 14.6. The zero-order chi connectivity index (χ0) is 21.5. The third kappa shape index (κ3) is 4.93. The fourth-order valence-electron chi connectivity index (χ4n) is 2.73. The number of aromatic nitrogens is 3. The number of thioether (sulfide) groups is 1. The number of rotatable bonds is 9. The van der Waals surface area contributed by atoms with Crippen molar-refractivity contribution in [3.8, 4) is 22.9 Å². The number of nitrogens with zero attached hydrogens (tertiary/aromatic N) is 3. The molecule has 0 atom stereocenters. The smallest absolute Gasteiger partial charge is 0.248 e. The zero-order valence-electron chi connectivity index (χ0n) is 16.8. The first-order valence-electron chi connectivity index (χ1n) is 9.26. The summed E-state index contributed by atoms with van der Waals surface area (Å²) < 4.78 is 7.05. The molecule has 0 saturated heterocycles. The number of methoxy groups -OCH3 is 1. The number of carbonyl (C=O) groups is 1. The Bertz CT molecular complexity index is 1040. The maximum absolute atomic E-state index is 12.2. The van der Waals surface area contributed by atoms with Gasteiger partial charge in [-0.05, 0) is 25.1 Å². The number of aromatic hydroxyl groups is 1. The van der Waals surface area contributed by atoms with Crippen LogP contribution in [0, 0.1) is 0 Å². The van der Waals surface area contributed by atoms with E-state index in [-0.39, 0.29) is 17.4 Å². The standard InChI is InChI=1S/C21H23N5O3S/c1-4-26-20(15-8-6-5-7-9-15)24-25-21(26)30-13-19(28)23-22-14(2)16-10-11-17(27)18(12-16)29-3/h5-12,22,27H,2,4,13H2,1,3H3,(H,23,28). The molecule has 30 heavy (non-hydrogen) atoms. The summed E-state index contributed by atoms with van der Waals surface area (Å²) in [5.74, 6) is 1.05. The van der Waals surface area contributed by atoms with E-state index in [1.54, 1.807) is 12.1 Å². The van der Waals surface area contributed by atoms with E-state index in [4.69, 9.17) is 4.74 Å². The molecule has 3 rings (SSSR count). The Morgan fingerprint density at radius 2 is 1.97 bits per heavy atom. The van der Waals surface area contributed by atoms with Gasteiger partial charge < -0.3 is 14.4 Å². The van der Waals surface area contributed by atoms with Crippen LogP contribution in [0.2, 0.25) is 0 Å². The number of hydrogen-bond acceptors (Lipinski definition) is 7. The van der Waals surface area contributed by atoms with Gasteiger partial charge in [0.15, 0.2) is 22.5 Å². The summed E-state index contributed by atoms with van der Waals surface area (Å²) in [6.07, 6.45) is 0. The maximum atomic E-state index is 12.2. The zero-order valence-corrected chi connectivity index (χ0v) is 17.6. The predicted octanol–water partition coefficient (Wildman–Crippen LogP) is 3.06. The summed E-state index contributed by atoms with van der Waals surface area (Å²) in [7, 11) is 1.46. The van der Waals surface area contributed by atoms with Crippen molar-refractivity contribution in [3.63, 3.8) is 0 Å². The molecule has 3 aromatic rings. The van der Waals surface area contributed by atoms with Crippen LogP contribution in [0.3, 0.4) is 0 Å². The van der Waals surface area contributed by atoms with Gasteiger partial charge in [-0.3, -0.25) is 15.6 Å². The highest BCUT2D eigenvalue weighted by Gasteiger charge is 2.14. The van der Waals surface area contributed by atoms with Crippen LogP contribution in [-0.4, -0.2) is 38.6 Å². The molecule has 0 unspecified atom stereocenters. The molecule has 156 valence electrons. The number of carbonyl (C=O) groups excluding carboxylic acids is 1. The molecule has 0 aliphatic rings. The second-order valence-corrected chi connectivity index (χ2v) is 7.19. The molecule has 3 N–H and O–H groups in total. The number of hydrogen-bond donors (Lipinski definition) is 3. The van der Waals surface area contributed by atoms with Crippen molar-refractivity contribution >= 4 is 23.4 Å². The fourth-order valence-corrected chi connectivity index (χ4v) is 3.53. The molecule has 9 heteroatoms. The van der Waals surface area contributed by atoms with Crippen molar-refractivity contribution in [1.29, 1.82) is 0 Å². The highest BCUT2D eigenvalue weighted by atomic mass is 32.2. The summed E-state index contributed by atoms with van der Waals surface area (Å²) in [5.41, 5.74) is 7.51. The number of nitrogens with one attached hydrogen (secondary N) is 2. The number of phenols is 1. The van der Waals surface area contributed by atoms with Crippen LogP contribution in [0.1, 0.15) is 12.5 Å². The topological polar surface area (TPSA) is 101 Å². The Morgan fingerprint density at radius 1 is 1.20 bits per heavy atom. The summed E-state index contributed by atoms with van der Waals surface area (Å²) in [5, 5.41) is 18.8. The molecule has 0 saturated carbocycles. The van der Waals surface area contributed by atoms with E-state index < -0.39 is 0 Å². The molecule has 0 bridgehead atoms. The van der Waals surface area contributed by atoms with E-state index in [1.165, 1.54) is 24.9 Å². The van der Waals surface area contributed by atoms with Crippen molar-refractivity contribution in [2.24, 2.45) is 0 Å². The van der Waals surface area contributed by atoms with Crippen molar-refractivity contribution in [3.05, 3.63) is 60.7 Å². The first-order chi connectivity index (χ1) is 14.5. The lowest BCUT2D eigenvalue weighted by atomic mass is 10.1. The van der Waals surface area contributed by atoms with Crippen LogP contribution in [0.15, 0.2) is 60.3 Å². The van der Waals surface area contributed by atoms with Gasteiger partial charge >= 0.3 is 0 Å². The van der Waals surface area contributed by atoms with Crippen LogP contribution in [0.5, 0.6) is 11.5 Å². The largest absolute Gasteiger partial charge is 0.504 e. The number of amides is 1. The number of benzene rings is 2. The lowest BCUT2D eigenvalue weighted by molar-refractivity contribution is -0.119. The van der Waals surface area contributed by atoms with Crippen molar-refractivity contribution < 1.29 is 14.6 Å². The molecule has 1 amide bonds. The minimum atomic E-state index is -0.237. The molecule has 0 radical (unpaired) electrons. The Kier molecular flexibility index (Phi) is 6.97. The van der Waals surface area contributed by atoms with E-state index >= 15 is 0 Å². The van der Waals surface area contributed by atoms with Gasteiger partial charge in [0, 0.05) is 17.7 Å². The summed E-state index contributed by atoms with van der Waals surface area (Å²) in [6.45, 7) is 6.59. The van der Waals surface area contributed by atoms with Gasteiger partial charge in [0.05, 0.1) is 18.6 Å². The van der Waals surface area contributed by atoms with Crippen LogP contribution < -0.4 is 15.6 Å². The lowest BCUT2D eigenvalue weighted by Crippen LogP contribution is -2.37. The van der Waals surface area contributed by atoms with E-state index in [0.717, 1.165) is 11.4 Å². The van der Waals surface area contributed by atoms with Crippen molar-refractivity contribution in [1.82, 2.24) is 25.6 Å². The van der Waals surface area contributed by atoms with Gasteiger partial charge in [0.2, 0.25) is 5.91 Å². The van der Waals surface area contributed by atoms with Gasteiger partial charge in [-0.15, -0.1) is 10.2 Å². The highest BCUT2D eigenvalue weighted by Crippen LogP contribution is 2.28. The van der Waals surface area contributed by atoms with Crippen LogP contribution >= 0.6 is 11.8 Å². The minimum Gasteiger partial charge on any atom is -0.504 e. The van der Waals surface area contributed by atoms with Gasteiger partial charge in [-0.1, -0.05) is 48.7 Å². The van der Waals surface area contributed by atoms with Crippen molar-refractivity contribution in [2.75, 3.05) is 12.9 Å². The van der Waals surface area contributed by atoms with Gasteiger partial charge in [-0.25, -0.2) is 0 Å². The fraction of sp³-hybridized carbons (Fsp3) is 0.190. The molecular formula is C21H23N5O3S. The molecule has 1 aromatic heterocycles. The van der Waals surface area contributed by atoms with Crippen LogP contribution in [0.4, 0.5) is 0 Å². The van der Waals surface area contributed by atoms with Gasteiger partial charge in [0.25, 0.3) is 0 Å². The van der Waals surface area contributed by atoms with E-state index in [2.05, 4.69) is 27.6 Å². The van der Waals surface area contributed by atoms with Crippen LogP contribution in [0.25, 0.3) is 17.1 Å². The number of hydrazine groups is 1. The second kappa shape index (κ2) is 9.84. The molecule has 0 aliphatic carbocycles. The third-order valence-electron chi connectivity index (χ3n) is 4.28. The average molecular weight is 426 g/mol. The maximum Gasteiger partial charge on any atom is 0.248 e. The Morgan fingerprint density at radius 3 is 2.67 bits per heavy atom. The number of phenolic OH excluding ortho intramolecular Hbond substituents is 1. The molecular weight excluding hydrogens is 402 g/mol. The quantitative estimate of drug-likeness (QED) is 0.358. The summed E-state index contributed by atoms with van der Waals surface area (Å²) >= 11 is 1.31. The van der Waals surface area contributed by atoms with Gasteiger partial charge in [0.1, 0.15) is 0 Å². The molecule has 1 heterocycles. The highest BCUT2D eigenvalue weighted by molar-refractivity contribution is 7.99. The SMILES string of the molecule is C=C(NNC(=O)CSc1nnc(-c2ccccc2)n1CC)c1ccc(O)c(OC)c1. The Hall–Kier alpha value is -3.46. The third-order valence-corrected chi connectivity index (χ3v) is 5.25. The molecule has 2 aromatic carbocycles. The summed E-state index contributed by atoms with van der Waals surface area (Å²) in [4.78, 5) is 12.2. The van der Waals surface area contributed by atoms with E-state index in [9.17, 15) is 9.90 Å². The number of ether oxygens (including phenoxy) is 1. The molecule has 8 nitrogen and oxygen atoms in total. The predicted molar refractivity (Wildman–Crippen MR) is 117 cm³/mol. The first kappa shape index (κ1) is 21.3.